The maximum Gasteiger partial charge on any atom is 0.366 e. The Morgan fingerprint density at radius 1 is 1.60 bits per heavy atom. The third kappa shape index (κ3) is 3.22. The molecule has 0 radical (unpaired) electrons. The van der Waals surface area contributed by atoms with E-state index >= 15 is 0 Å². The number of rotatable bonds is 2. The number of methoxy groups -OCH3 is 1. The fourth-order valence-corrected chi connectivity index (χ4v) is 0.458. The Labute approximate surface area is 59.7 Å². The van der Waals surface area contributed by atoms with Crippen LogP contribution < -0.4 is 0 Å². The van der Waals surface area contributed by atoms with Crippen molar-refractivity contribution in [1.29, 1.82) is 0 Å². The van der Waals surface area contributed by atoms with Crippen molar-refractivity contribution in [1.82, 2.24) is 0 Å². The molecule has 0 rings (SSSR count). The number of esters is 1. The number of allylic oxidation sites excluding steroid dienone is 1. The molecule has 0 heterocycles. The number of halogens is 1. The first kappa shape index (κ1) is 9.14. The van der Waals surface area contributed by atoms with Crippen molar-refractivity contribution in [2.45, 2.75) is 13.8 Å². The second-order valence-corrected chi connectivity index (χ2v) is 2.25. The monoisotopic (exact) mass is 146 g/mol. The van der Waals surface area contributed by atoms with Gasteiger partial charge < -0.3 is 4.74 Å². The molecule has 0 aliphatic carbocycles. The van der Waals surface area contributed by atoms with E-state index in [0.29, 0.717) is 0 Å². The second kappa shape index (κ2) is 4.04. The van der Waals surface area contributed by atoms with Gasteiger partial charge in [0.25, 0.3) is 0 Å². The van der Waals surface area contributed by atoms with Gasteiger partial charge in [-0.3, -0.25) is 0 Å². The Morgan fingerprint density at radius 2 is 2.10 bits per heavy atom. The van der Waals surface area contributed by atoms with Crippen LogP contribution >= 0.6 is 0 Å². The highest BCUT2D eigenvalue weighted by Crippen LogP contribution is 2.04. The topological polar surface area (TPSA) is 26.3 Å². The summed E-state index contributed by atoms with van der Waals surface area (Å²) in [6.07, 6.45) is 1.21. The van der Waals surface area contributed by atoms with Crippen LogP contribution in [0.1, 0.15) is 13.8 Å². The summed E-state index contributed by atoms with van der Waals surface area (Å²) >= 11 is 0. The summed E-state index contributed by atoms with van der Waals surface area (Å²) in [5, 5.41) is 0. The third-order valence-corrected chi connectivity index (χ3v) is 0.860. The SMILES string of the molecule is COC(=O)C(F)=CC(C)C. The molecule has 0 fully saturated rings. The lowest BCUT2D eigenvalue weighted by atomic mass is 10.2. The summed E-state index contributed by atoms with van der Waals surface area (Å²) in [5.74, 6) is -1.70. The van der Waals surface area contributed by atoms with Crippen molar-refractivity contribution in [2.75, 3.05) is 7.11 Å². The Kier molecular flexibility index (Phi) is 3.69. The number of hydrogen-bond acceptors (Lipinski definition) is 2. The molecular weight excluding hydrogens is 135 g/mol. The van der Waals surface area contributed by atoms with Gasteiger partial charge in [0.2, 0.25) is 5.83 Å². The van der Waals surface area contributed by atoms with Gasteiger partial charge in [-0.05, 0) is 12.0 Å². The Hall–Kier alpha value is -0.860. The molecule has 10 heavy (non-hydrogen) atoms. The van der Waals surface area contributed by atoms with E-state index in [0.717, 1.165) is 7.11 Å². The molecule has 0 bridgehead atoms. The highest BCUT2D eigenvalue weighted by Gasteiger charge is 2.07. The quantitative estimate of drug-likeness (QED) is 0.437. The zero-order chi connectivity index (χ0) is 8.15. The molecule has 0 unspecified atom stereocenters. The van der Waals surface area contributed by atoms with E-state index in [1.165, 1.54) is 6.08 Å². The maximum atomic E-state index is 12.4. The van der Waals surface area contributed by atoms with Crippen LogP contribution in [0.15, 0.2) is 11.9 Å². The van der Waals surface area contributed by atoms with Crippen molar-refractivity contribution >= 4 is 5.97 Å². The van der Waals surface area contributed by atoms with Crippen LogP contribution in [0, 0.1) is 5.92 Å². The lowest BCUT2D eigenvalue weighted by Crippen LogP contribution is -2.01. The average Bonchev–Trinajstić information content (AvgIpc) is 1.85. The summed E-state index contributed by atoms with van der Waals surface area (Å²) in [5.41, 5.74) is 0. The van der Waals surface area contributed by atoms with E-state index in [1.807, 2.05) is 0 Å². The van der Waals surface area contributed by atoms with Gasteiger partial charge in [0.1, 0.15) is 0 Å². The van der Waals surface area contributed by atoms with E-state index in [4.69, 9.17) is 0 Å². The largest absolute Gasteiger partial charge is 0.464 e. The minimum atomic E-state index is -0.909. The molecule has 0 amide bonds. The highest BCUT2D eigenvalue weighted by molar-refractivity contribution is 5.85. The van der Waals surface area contributed by atoms with Gasteiger partial charge in [-0.25, -0.2) is 4.79 Å². The molecule has 3 heteroatoms. The van der Waals surface area contributed by atoms with Crippen LogP contribution in [0.25, 0.3) is 0 Å². The van der Waals surface area contributed by atoms with Gasteiger partial charge in [-0.2, -0.15) is 4.39 Å². The molecule has 0 atom stereocenters. The molecule has 0 aromatic heterocycles. The zero-order valence-corrected chi connectivity index (χ0v) is 6.35. The van der Waals surface area contributed by atoms with Crippen LogP contribution in [-0.2, 0) is 9.53 Å². The van der Waals surface area contributed by atoms with Crippen LogP contribution in [0.4, 0.5) is 4.39 Å². The molecule has 0 N–H and O–H groups in total. The Morgan fingerprint density at radius 3 is 2.40 bits per heavy atom. The van der Waals surface area contributed by atoms with E-state index in [1.54, 1.807) is 13.8 Å². The second-order valence-electron chi connectivity index (χ2n) is 2.25. The maximum absolute atomic E-state index is 12.4. The molecule has 58 valence electrons. The first-order chi connectivity index (χ1) is 4.57. The summed E-state index contributed by atoms with van der Waals surface area (Å²) in [6.45, 7) is 3.56. The molecule has 0 spiro atoms. The molecule has 0 aliphatic rings. The molecule has 2 nitrogen and oxygen atoms in total. The summed E-state index contributed by atoms with van der Waals surface area (Å²) in [7, 11) is 1.15. The smallest absolute Gasteiger partial charge is 0.366 e. The highest BCUT2D eigenvalue weighted by atomic mass is 19.1. The fraction of sp³-hybridized carbons (Fsp3) is 0.571. The summed E-state index contributed by atoms with van der Waals surface area (Å²) in [4.78, 5) is 10.4. The van der Waals surface area contributed by atoms with Crippen molar-refractivity contribution in [3.8, 4) is 0 Å². The lowest BCUT2D eigenvalue weighted by Gasteiger charge is -1.96. The van der Waals surface area contributed by atoms with Crippen LogP contribution in [-0.4, -0.2) is 13.1 Å². The van der Waals surface area contributed by atoms with E-state index < -0.39 is 11.8 Å². The predicted octanol–water partition coefficient (Wildman–Crippen LogP) is 1.67. The van der Waals surface area contributed by atoms with Gasteiger partial charge in [0, 0.05) is 0 Å². The molecule has 0 aromatic rings. The Balaban J connectivity index is 4.05. The fourth-order valence-electron chi connectivity index (χ4n) is 0.458. The van der Waals surface area contributed by atoms with Crippen LogP contribution in [0.2, 0.25) is 0 Å². The minimum absolute atomic E-state index is 0.0269. The lowest BCUT2D eigenvalue weighted by molar-refractivity contribution is -0.137. The van der Waals surface area contributed by atoms with Gasteiger partial charge in [-0.15, -0.1) is 0 Å². The van der Waals surface area contributed by atoms with Crippen molar-refractivity contribution in [2.24, 2.45) is 5.92 Å². The van der Waals surface area contributed by atoms with Crippen LogP contribution in [0.5, 0.6) is 0 Å². The zero-order valence-electron chi connectivity index (χ0n) is 6.35. The average molecular weight is 146 g/mol. The normalized spacial score (nSPS) is 11.9. The van der Waals surface area contributed by atoms with Gasteiger partial charge in [0.05, 0.1) is 7.11 Å². The molecule has 0 aliphatic heterocycles. The standard InChI is InChI=1S/C7H11FO2/c1-5(2)4-6(8)7(9)10-3/h4-5H,1-3H3. The van der Waals surface area contributed by atoms with Gasteiger partial charge in [0.15, 0.2) is 0 Å². The number of hydrogen-bond donors (Lipinski definition) is 0. The van der Waals surface area contributed by atoms with Gasteiger partial charge in [-0.1, -0.05) is 13.8 Å². The minimum Gasteiger partial charge on any atom is -0.464 e. The van der Waals surface area contributed by atoms with Gasteiger partial charge >= 0.3 is 5.97 Å². The first-order valence-corrected chi connectivity index (χ1v) is 3.03. The molecule has 0 aromatic carbocycles. The van der Waals surface area contributed by atoms with E-state index in [2.05, 4.69) is 4.74 Å². The molecule has 0 saturated carbocycles. The summed E-state index contributed by atoms with van der Waals surface area (Å²) < 4.78 is 16.6. The third-order valence-electron chi connectivity index (χ3n) is 0.860. The van der Waals surface area contributed by atoms with Crippen LogP contribution in [0.3, 0.4) is 0 Å². The van der Waals surface area contributed by atoms with Crippen molar-refractivity contribution in [3.63, 3.8) is 0 Å². The number of carbonyl (C=O) groups excluding carboxylic acids is 1. The van der Waals surface area contributed by atoms with Crippen molar-refractivity contribution in [3.05, 3.63) is 11.9 Å². The molecular formula is C7H11FO2. The van der Waals surface area contributed by atoms with Crippen molar-refractivity contribution < 1.29 is 13.9 Å². The summed E-state index contributed by atoms with van der Waals surface area (Å²) in [6, 6.07) is 0. The van der Waals surface area contributed by atoms with E-state index in [-0.39, 0.29) is 5.92 Å². The first-order valence-electron chi connectivity index (χ1n) is 3.03. The Bertz CT molecular complexity index is 150. The number of ether oxygens (including phenoxy) is 1. The predicted molar refractivity (Wildman–Crippen MR) is 36.0 cm³/mol. The molecule has 0 saturated heterocycles. The van der Waals surface area contributed by atoms with E-state index in [9.17, 15) is 9.18 Å². The number of carbonyl (C=O) groups is 1.